The van der Waals surface area contributed by atoms with Gasteiger partial charge in [0.25, 0.3) is 0 Å². The van der Waals surface area contributed by atoms with Crippen LogP contribution in [0.3, 0.4) is 0 Å². The van der Waals surface area contributed by atoms with Gasteiger partial charge in [0.2, 0.25) is 5.91 Å². The molecule has 3 aromatic carbocycles. The van der Waals surface area contributed by atoms with Crippen LogP contribution in [0.2, 0.25) is 0 Å². The maximum absolute atomic E-state index is 13.1. The Kier molecular flexibility index (Phi) is 8.06. The van der Waals surface area contributed by atoms with Crippen molar-refractivity contribution in [2.45, 2.75) is 58.9 Å². The van der Waals surface area contributed by atoms with E-state index in [4.69, 9.17) is 4.74 Å². The third-order valence-corrected chi connectivity index (χ3v) is 6.98. The monoisotopic (exact) mass is 496 g/mol. The summed E-state index contributed by atoms with van der Waals surface area (Å²) >= 11 is 0. The zero-order valence-electron chi connectivity index (χ0n) is 23.0. The van der Waals surface area contributed by atoms with Crippen LogP contribution in [-0.4, -0.2) is 24.1 Å². The van der Waals surface area contributed by atoms with Gasteiger partial charge in [-0.05, 0) is 51.8 Å². The van der Waals surface area contributed by atoms with Crippen molar-refractivity contribution in [3.63, 3.8) is 0 Å². The van der Waals surface area contributed by atoms with Gasteiger partial charge in [0.05, 0.1) is 7.11 Å². The molecule has 0 fully saturated rings. The van der Waals surface area contributed by atoms with Gasteiger partial charge in [-0.2, -0.15) is 0 Å². The zero-order valence-corrected chi connectivity index (χ0v) is 23.0. The summed E-state index contributed by atoms with van der Waals surface area (Å²) in [5.41, 5.74) is 6.10. The number of aromatic nitrogens is 1. The first-order chi connectivity index (χ1) is 17.7. The van der Waals surface area contributed by atoms with E-state index < -0.39 is 0 Å². The lowest BCUT2D eigenvalue weighted by Crippen LogP contribution is -2.28. The van der Waals surface area contributed by atoms with Crippen LogP contribution < -0.4 is 10.1 Å². The number of nitrogens with zero attached hydrogens (tertiary/aromatic N) is 1. The summed E-state index contributed by atoms with van der Waals surface area (Å²) in [6, 6.07) is 25.6. The van der Waals surface area contributed by atoms with Gasteiger partial charge in [-0.15, -0.1) is 0 Å². The molecule has 1 atom stereocenters. The number of carbonyl (C=O) groups excluding carboxylic acids is 1. The molecule has 0 aliphatic carbocycles. The number of ether oxygens (including phenoxy) is 1. The number of carbonyl (C=O) groups is 1. The molecular weight excluding hydrogens is 456 g/mol. The molecule has 4 nitrogen and oxygen atoms in total. The summed E-state index contributed by atoms with van der Waals surface area (Å²) < 4.78 is 7.63. The molecule has 194 valence electrons. The average Bonchev–Trinajstić information content (AvgIpc) is 3.24. The molecule has 0 aliphatic rings. The summed E-state index contributed by atoms with van der Waals surface area (Å²) in [4.78, 5) is 13.1. The molecule has 0 saturated carbocycles. The Morgan fingerprint density at radius 3 is 2.24 bits per heavy atom. The van der Waals surface area contributed by atoms with Gasteiger partial charge in [0.15, 0.2) is 0 Å². The molecule has 37 heavy (non-hydrogen) atoms. The van der Waals surface area contributed by atoms with Crippen LogP contribution in [0.5, 0.6) is 5.75 Å². The number of hydrogen-bond donors (Lipinski definition) is 1. The first kappa shape index (κ1) is 26.5. The highest BCUT2D eigenvalue weighted by atomic mass is 16.5. The van der Waals surface area contributed by atoms with Gasteiger partial charge in [-0.3, -0.25) is 4.79 Å². The van der Waals surface area contributed by atoms with Crippen molar-refractivity contribution in [1.82, 2.24) is 9.88 Å². The first-order valence-corrected chi connectivity index (χ1v) is 13.2. The van der Waals surface area contributed by atoms with Crippen molar-refractivity contribution >= 4 is 16.8 Å². The number of para-hydroxylation sites is 1. The molecule has 0 bridgehead atoms. The van der Waals surface area contributed by atoms with Crippen molar-refractivity contribution in [3.05, 3.63) is 101 Å². The fraction of sp³-hybridized carbons (Fsp3) is 0.364. The van der Waals surface area contributed by atoms with Crippen molar-refractivity contribution in [3.8, 4) is 5.75 Å². The van der Waals surface area contributed by atoms with E-state index in [9.17, 15) is 4.79 Å². The zero-order chi connectivity index (χ0) is 26.6. The normalized spacial score (nSPS) is 12.6. The lowest BCUT2D eigenvalue weighted by atomic mass is 9.83. The van der Waals surface area contributed by atoms with Crippen molar-refractivity contribution in [1.29, 1.82) is 0 Å². The van der Waals surface area contributed by atoms with E-state index in [-0.39, 0.29) is 17.2 Å². The highest BCUT2D eigenvalue weighted by Crippen LogP contribution is 2.36. The standard InChI is InChI=1S/C33H40N2O2/c1-23(2)20-34-32(36)19-29(25-13-15-26(16-14-25)33(3,4)5)30-22-35(31-10-8-7-9-28(30)31)21-24-11-17-27(37-6)18-12-24/h7-18,22-23,29H,19-21H2,1-6H3,(H,34,36)/t29-/m0/s1. The Morgan fingerprint density at radius 2 is 1.62 bits per heavy atom. The Morgan fingerprint density at radius 1 is 0.946 bits per heavy atom. The van der Waals surface area contributed by atoms with E-state index in [0.29, 0.717) is 18.9 Å². The smallest absolute Gasteiger partial charge is 0.220 e. The third kappa shape index (κ3) is 6.43. The fourth-order valence-corrected chi connectivity index (χ4v) is 4.81. The minimum atomic E-state index is -0.0387. The maximum Gasteiger partial charge on any atom is 0.220 e. The SMILES string of the molecule is COc1ccc(Cn2cc([C@@H](CC(=O)NCC(C)C)c3ccc(C(C)(C)C)cc3)c3ccccc32)cc1. The molecule has 0 saturated heterocycles. The van der Waals surface area contributed by atoms with Gasteiger partial charge in [-0.1, -0.05) is 89.2 Å². The predicted molar refractivity (Wildman–Crippen MR) is 153 cm³/mol. The van der Waals surface area contributed by atoms with Gasteiger partial charge >= 0.3 is 0 Å². The molecule has 1 heterocycles. The van der Waals surface area contributed by atoms with Gasteiger partial charge in [-0.25, -0.2) is 0 Å². The molecule has 1 aromatic heterocycles. The number of fused-ring (bicyclic) bond motifs is 1. The number of hydrogen-bond acceptors (Lipinski definition) is 2. The third-order valence-electron chi connectivity index (χ3n) is 6.98. The molecule has 1 amide bonds. The predicted octanol–water partition coefficient (Wildman–Crippen LogP) is 7.29. The molecule has 4 aromatic rings. The van der Waals surface area contributed by atoms with Crippen molar-refractivity contribution < 1.29 is 9.53 Å². The molecule has 4 heteroatoms. The molecule has 4 rings (SSSR count). The molecule has 0 aliphatic heterocycles. The van der Waals surface area contributed by atoms with E-state index >= 15 is 0 Å². The van der Waals surface area contributed by atoms with Crippen LogP contribution in [0.1, 0.15) is 69.2 Å². The van der Waals surface area contributed by atoms with Crippen LogP contribution in [0.25, 0.3) is 10.9 Å². The number of nitrogens with one attached hydrogen (secondary N) is 1. The van der Waals surface area contributed by atoms with Crippen LogP contribution in [0.4, 0.5) is 0 Å². The minimum Gasteiger partial charge on any atom is -0.497 e. The van der Waals surface area contributed by atoms with E-state index in [1.807, 2.05) is 12.1 Å². The number of benzene rings is 3. The summed E-state index contributed by atoms with van der Waals surface area (Å²) in [5.74, 6) is 1.32. The fourth-order valence-electron chi connectivity index (χ4n) is 4.81. The number of methoxy groups -OCH3 is 1. The second-order valence-electron chi connectivity index (χ2n) is 11.4. The molecule has 0 spiro atoms. The van der Waals surface area contributed by atoms with E-state index in [2.05, 4.69) is 111 Å². The summed E-state index contributed by atoms with van der Waals surface area (Å²) in [5, 5.41) is 4.33. The topological polar surface area (TPSA) is 43.3 Å². The maximum atomic E-state index is 13.1. The molecular formula is C33H40N2O2. The lowest BCUT2D eigenvalue weighted by Gasteiger charge is -2.22. The van der Waals surface area contributed by atoms with Crippen LogP contribution >= 0.6 is 0 Å². The van der Waals surface area contributed by atoms with Crippen molar-refractivity contribution in [2.24, 2.45) is 5.92 Å². The Bertz CT molecular complexity index is 1330. The van der Waals surface area contributed by atoms with Gasteiger partial charge < -0.3 is 14.6 Å². The summed E-state index contributed by atoms with van der Waals surface area (Å²) in [7, 11) is 1.69. The second kappa shape index (κ2) is 11.2. The Balaban J connectivity index is 1.75. The highest BCUT2D eigenvalue weighted by Gasteiger charge is 2.24. The second-order valence-corrected chi connectivity index (χ2v) is 11.4. The lowest BCUT2D eigenvalue weighted by molar-refractivity contribution is -0.121. The largest absolute Gasteiger partial charge is 0.497 e. The quantitative estimate of drug-likeness (QED) is 0.264. The van der Waals surface area contributed by atoms with E-state index in [1.165, 1.54) is 33.2 Å². The molecule has 0 unspecified atom stereocenters. The van der Waals surface area contributed by atoms with Gasteiger partial charge in [0.1, 0.15) is 5.75 Å². The van der Waals surface area contributed by atoms with Crippen LogP contribution in [0.15, 0.2) is 79.0 Å². The molecule has 1 N–H and O–H groups in total. The van der Waals surface area contributed by atoms with Crippen LogP contribution in [0, 0.1) is 5.92 Å². The number of amides is 1. The Labute approximate surface area is 221 Å². The Hall–Kier alpha value is -3.53. The molecule has 0 radical (unpaired) electrons. The van der Waals surface area contributed by atoms with E-state index in [0.717, 1.165) is 12.3 Å². The highest BCUT2D eigenvalue weighted by molar-refractivity contribution is 5.86. The minimum absolute atomic E-state index is 0.0387. The van der Waals surface area contributed by atoms with Crippen LogP contribution in [-0.2, 0) is 16.8 Å². The summed E-state index contributed by atoms with van der Waals surface area (Å²) in [6.45, 7) is 12.4. The average molecular weight is 497 g/mol. The first-order valence-electron chi connectivity index (χ1n) is 13.2. The summed E-state index contributed by atoms with van der Waals surface area (Å²) in [6.07, 6.45) is 2.66. The van der Waals surface area contributed by atoms with Crippen molar-refractivity contribution in [2.75, 3.05) is 13.7 Å². The number of rotatable bonds is 9. The van der Waals surface area contributed by atoms with E-state index in [1.54, 1.807) is 7.11 Å². The van der Waals surface area contributed by atoms with Gasteiger partial charge in [0, 0.05) is 42.5 Å².